The van der Waals surface area contributed by atoms with Crippen molar-refractivity contribution < 1.29 is 4.92 Å². The molecular formula is C15H9Cl3N6O2. The second-order valence-corrected chi connectivity index (χ2v) is 6.09. The molecule has 0 aliphatic carbocycles. The van der Waals surface area contributed by atoms with Crippen LogP contribution in [0.1, 0.15) is 0 Å². The second-order valence-electron chi connectivity index (χ2n) is 4.89. The Hall–Kier alpha value is -2.68. The summed E-state index contributed by atoms with van der Waals surface area (Å²) in [6.07, 6.45) is 2.66. The summed E-state index contributed by atoms with van der Waals surface area (Å²) in [5, 5.41) is 18.1. The fourth-order valence-electron chi connectivity index (χ4n) is 2.06. The standard InChI is InChI=1S/C15H9Cl3N6O2/c16-8-3-4-9(17)11(6-8)23-15-12(24(25)26)14(20-7-21-15)22-10-2-1-5-19-13(10)18/h1-7H,(H2,20,21,22,23). The van der Waals surface area contributed by atoms with Gasteiger partial charge in [-0.3, -0.25) is 10.1 Å². The fourth-order valence-corrected chi connectivity index (χ4v) is 2.57. The molecule has 0 fully saturated rings. The van der Waals surface area contributed by atoms with Crippen LogP contribution in [0.4, 0.5) is 28.7 Å². The quantitative estimate of drug-likeness (QED) is 0.336. The van der Waals surface area contributed by atoms with Gasteiger partial charge >= 0.3 is 5.69 Å². The van der Waals surface area contributed by atoms with Crippen molar-refractivity contribution in [1.29, 1.82) is 0 Å². The Balaban J connectivity index is 2.03. The molecule has 2 N–H and O–H groups in total. The lowest BCUT2D eigenvalue weighted by Crippen LogP contribution is -2.06. The highest BCUT2D eigenvalue weighted by atomic mass is 35.5. The van der Waals surface area contributed by atoms with Crippen LogP contribution in [0.3, 0.4) is 0 Å². The van der Waals surface area contributed by atoms with Gasteiger partial charge in [0, 0.05) is 11.2 Å². The van der Waals surface area contributed by atoms with Crippen molar-refractivity contribution in [2.45, 2.75) is 0 Å². The van der Waals surface area contributed by atoms with Gasteiger partial charge in [0.05, 0.1) is 21.3 Å². The van der Waals surface area contributed by atoms with Gasteiger partial charge in [-0.15, -0.1) is 0 Å². The minimum absolute atomic E-state index is 0.0550. The Labute approximate surface area is 162 Å². The molecule has 0 spiro atoms. The summed E-state index contributed by atoms with van der Waals surface area (Å²) in [6, 6.07) is 7.93. The average Bonchev–Trinajstić information content (AvgIpc) is 2.60. The molecule has 0 saturated heterocycles. The molecule has 0 aliphatic heterocycles. The third kappa shape index (κ3) is 3.93. The third-order valence-electron chi connectivity index (χ3n) is 3.20. The number of rotatable bonds is 5. The number of nitrogens with one attached hydrogen (secondary N) is 2. The molecule has 26 heavy (non-hydrogen) atoms. The van der Waals surface area contributed by atoms with Crippen LogP contribution >= 0.6 is 34.8 Å². The molecule has 0 aliphatic rings. The maximum atomic E-state index is 11.6. The van der Waals surface area contributed by atoms with Gasteiger partial charge in [-0.05, 0) is 30.3 Å². The van der Waals surface area contributed by atoms with Gasteiger partial charge in [-0.1, -0.05) is 34.8 Å². The Morgan fingerprint density at radius 3 is 2.31 bits per heavy atom. The fraction of sp³-hybridized carbons (Fsp3) is 0. The lowest BCUT2D eigenvalue weighted by Gasteiger charge is -2.11. The Morgan fingerprint density at radius 1 is 0.962 bits per heavy atom. The summed E-state index contributed by atoms with van der Waals surface area (Å²) in [5.41, 5.74) is 0.345. The summed E-state index contributed by atoms with van der Waals surface area (Å²) in [5.74, 6) is -0.114. The van der Waals surface area contributed by atoms with E-state index < -0.39 is 4.92 Å². The SMILES string of the molecule is O=[N+]([O-])c1c(Nc2cc(Cl)ccc2Cl)ncnc1Nc1cccnc1Cl. The first-order chi connectivity index (χ1) is 12.5. The molecule has 1 aromatic carbocycles. The predicted octanol–water partition coefficient (Wildman–Crippen LogP) is 5.23. The first-order valence-electron chi connectivity index (χ1n) is 7.04. The van der Waals surface area contributed by atoms with Crippen molar-refractivity contribution in [1.82, 2.24) is 15.0 Å². The first-order valence-corrected chi connectivity index (χ1v) is 8.18. The lowest BCUT2D eigenvalue weighted by molar-refractivity contribution is -0.383. The molecule has 132 valence electrons. The van der Waals surface area contributed by atoms with Crippen LogP contribution in [0.15, 0.2) is 42.9 Å². The minimum Gasteiger partial charge on any atom is -0.333 e. The number of anilines is 4. The minimum atomic E-state index is -0.618. The van der Waals surface area contributed by atoms with E-state index >= 15 is 0 Å². The van der Waals surface area contributed by atoms with Crippen LogP contribution in [0.25, 0.3) is 0 Å². The number of halogens is 3. The molecular weight excluding hydrogens is 403 g/mol. The van der Waals surface area contributed by atoms with Crippen molar-refractivity contribution in [2.24, 2.45) is 0 Å². The Kier molecular flexibility index (Phi) is 5.36. The summed E-state index contributed by atoms with van der Waals surface area (Å²) in [4.78, 5) is 22.7. The monoisotopic (exact) mass is 410 g/mol. The van der Waals surface area contributed by atoms with Gasteiger partial charge in [-0.25, -0.2) is 15.0 Å². The van der Waals surface area contributed by atoms with Crippen molar-refractivity contribution in [3.63, 3.8) is 0 Å². The average molecular weight is 412 g/mol. The molecule has 0 radical (unpaired) electrons. The smallest absolute Gasteiger partial charge is 0.333 e. The predicted molar refractivity (Wildman–Crippen MR) is 101 cm³/mol. The second kappa shape index (κ2) is 7.69. The van der Waals surface area contributed by atoms with Crippen molar-refractivity contribution in [3.8, 4) is 0 Å². The molecule has 0 unspecified atom stereocenters. The first kappa shape index (κ1) is 18.1. The van der Waals surface area contributed by atoms with E-state index in [1.165, 1.54) is 18.6 Å². The zero-order chi connectivity index (χ0) is 18.7. The number of aromatic nitrogens is 3. The normalized spacial score (nSPS) is 10.4. The van der Waals surface area contributed by atoms with Crippen LogP contribution in [-0.2, 0) is 0 Å². The molecule has 0 amide bonds. The molecule has 0 bridgehead atoms. The molecule has 0 atom stereocenters. The summed E-state index contributed by atoms with van der Waals surface area (Å²) in [6.45, 7) is 0. The van der Waals surface area contributed by atoms with Crippen molar-refractivity contribution >= 4 is 63.5 Å². The summed E-state index contributed by atoms with van der Waals surface area (Å²) in [7, 11) is 0. The van der Waals surface area contributed by atoms with E-state index in [1.807, 2.05) is 0 Å². The highest BCUT2D eigenvalue weighted by molar-refractivity contribution is 6.35. The van der Waals surface area contributed by atoms with E-state index in [9.17, 15) is 10.1 Å². The zero-order valence-electron chi connectivity index (χ0n) is 12.8. The largest absolute Gasteiger partial charge is 0.353 e. The van der Waals surface area contributed by atoms with Crippen LogP contribution in [-0.4, -0.2) is 19.9 Å². The van der Waals surface area contributed by atoms with Gasteiger partial charge in [0.25, 0.3) is 0 Å². The molecule has 8 nitrogen and oxygen atoms in total. The molecule has 2 heterocycles. The van der Waals surface area contributed by atoms with Crippen LogP contribution < -0.4 is 10.6 Å². The Bertz CT molecular complexity index is 985. The van der Waals surface area contributed by atoms with E-state index in [0.717, 1.165) is 0 Å². The Morgan fingerprint density at radius 2 is 1.65 bits per heavy atom. The van der Waals surface area contributed by atoms with Crippen LogP contribution in [0.2, 0.25) is 15.2 Å². The highest BCUT2D eigenvalue weighted by Gasteiger charge is 2.24. The molecule has 3 rings (SSSR count). The number of benzene rings is 1. The van der Waals surface area contributed by atoms with Gasteiger partial charge in [0.2, 0.25) is 11.6 Å². The maximum Gasteiger partial charge on any atom is 0.353 e. The molecule has 3 aromatic rings. The van der Waals surface area contributed by atoms with E-state index in [2.05, 4.69) is 25.6 Å². The van der Waals surface area contributed by atoms with Crippen LogP contribution in [0.5, 0.6) is 0 Å². The van der Waals surface area contributed by atoms with Crippen molar-refractivity contribution in [2.75, 3.05) is 10.6 Å². The maximum absolute atomic E-state index is 11.6. The number of pyridine rings is 1. The summed E-state index contributed by atoms with van der Waals surface area (Å²) < 4.78 is 0. The van der Waals surface area contributed by atoms with E-state index in [0.29, 0.717) is 21.4 Å². The topological polar surface area (TPSA) is 106 Å². The number of nitrogens with zero attached hydrogens (tertiary/aromatic N) is 4. The molecule has 11 heteroatoms. The van der Waals surface area contributed by atoms with Crippen LogP contribution in [0, 0.1) is 10.1 Å². The van der Waals surface area contributed by atoms with Crippen molar-refractivity contribution in [3.05, 3.63) is 68.2 Å². The number of nitro groups is 1. The molecule has 2 aromatic heterocycles. The third-order valence-corrected chi connectivity index (χ3v) is 4.06. The van der Waals surface area contributed by atoms with E-state index in [4.69, 9.17) is 34.8 Å². The van der Waals surface area contributed by atoms with E-state index in [-0.39, 0.29) is 22.5 Å². The summed E-state index contributed by atoms with van der Waals surface area (Å²) >= 11 is 18.0. The van der Waals surface area contributed by atoms with Gasteiger partial charge in [0.15, 0.2) is 5.15 Å². The lowest BCUT2D eigenvalue weighted by atomic mass is 10.3. The van der Waals surface area contributed by atoms with Gasteiger partial charge < -0.3 is 10.6 Å². The van der Waals surface area contributed by atoms with Gasteiger partial charge in [-0.2, -0.15) is 0 Å². The number of hydrogen-bond acceptors (Lipinski definition) is 7. The zero-order valence-corrected chi connectivity index (χ0v) is 15.0. The highest BCUT2D eigenvalue weighted by Crippen LogP contribution is 2.36. The van der Waals surface area contributed by atoms with E-state index in [1.54, 1.807) is 24.3 Å². The molecule has 0 saturated carbocycles. The number of hydrogen-bond donors (Lipinski definition) is 2. The van der Waals surface area contributed by atoms with Gasteiger partial charge in [0.1, 0.15) is 6.33 Å².